The summed E-state index contributed by atoms with van der Waals surface area (Å²) in [6.45, 7) is 1.94. The number of carbonyl (C=O) groups excluding carboxylic acids is 1. The monoisotopic (exact) mass is 348 g/mol. The van der Waals surface area contributed by atoms with Gasteiger partial charge in [-0.05, 0) is 46.6 Å². The van der Waals surface area contributed by atoms with Crippen LogP contribution in [0.2, 0.25) is 5.02 Å². The number of nitrogens with zero attached hydrogens (tertiary/aromatic N) is 1. The van der Waals surface area contributed by atoms with E-state index >= 15 is 0 Å². The molecule has 0 bridgehead atoms. The van der Waals surface area contributed by atoms with Crippen LogP contribution in [-0.2, 0) is 0 Å². The number of hydrogen-bond acceptors (Lipinski definition) is 2. The fourth-order valence-electron chi connectivity index (χ4n) is 2.12. The predicted molar refractivity (Wildman–Crippen MR) is 83.4 cm³/mol. The van der Waals surface area contributed by atoms with Crippen LogP contribution >= 0.6 is 27.5 Å². The summed E-state index contributed by atoms with van der Waals surface area (Å²) in [7, 11) is 0. The lowest BCUT2D eigenvalue weighted by molar-refractivity contribution is 0.104. The van der Waals surface area contributed by atoms with E-state index in [-0.39, 0.29) is 5.78 Å². The van der Waals surface area contributed by atoms with Crippen molar-refractivity contribution in [1.29, 1.82) is 0 Å². The molecule has 0 aliphatic carbocycles. The lowest BCUT2D eigenvalue weighted by Crippen LogP contribution is -2.01. The third-order valence-corrected chi connectivity index (χ3v) is 3.86. The molecule has 3 rings (SSSR count). The molecule has 3 aromatic rings. The van der Waals surface area contributed by atoms with Gasteiger partial charge >= 0.3 is 0 Å². The number of rotatable bonds is 2. The van der Waals surface area contributed by atoms with Gasteiger partial charge in [-0.1, -0.05) is 17.7 Å². The second-order valence-corrected chi connectivity index (χ2v) is 5.89. The van der Waals surface area contributed by atoms with E-state index < -0.39 is 0 Å². The molecule has 0 aliphatic rings. The van der Waals surface area contributed by atoms with E-state index in [2.05, 4.69) is 25.9 Å². The maximum Gasteiger partial charge on any atom is 0.196 e. The Kier molecular flexibility index (Phi) is 3.36. The van der Waals surface area contributed by atoms with Gasteiger partial charge in [0.2, 0.25) is 0 Å². The quantitative estimate of drug-likeness (QED) is 0.691. The van der Waals surface area contributed by atoms with Crippen molar-refractivity contribution < 1.29 is 4.79 Å². The van der Waals surface area contributed by atoms with Crippen LogP contribution in [0.15, 0.2) is 41.1 Å². The smallest absolute Gasteiger partial charge is 0.196 e. The molecule has 1 aromatic carbocycles. The second-order valence-electron chi connectivity index (χ2n) is 4.56. The van der Waals surface area contributed by atoms with Crippen molar-refractivity contribution in [3.63, 3.8) is 0 Å². The van der Waals surface area contributed by atoms with E-state index in [1.807, 2.05) is 19.1 Å². The third-order valence-electron chi connectivity index (χ3n) is 3.11. The average Bonchev–Trinajstić information content (AvgIpc) is 2.81. The van der Waals surface area contributed by atoms with Crippen molar-refractivity contribution in [3.8, 4) is 0 Å². The molecule has 2 heterocycles. The highest BCUT2D eigenvalue weighted by Crippen LogP contribution is 2.26. The summed E-state index contributed by atoms with van der Waals surface area (Å²) < 4.78 is 0.827. The number of benzene rings is 1. The summed E-state index contributed by atoms with van der Waals surface area (Å²) in [5.41, 5.74) is 2.77. The Morgan fingerprint density at radius 3 is 2.85 bits per heavy atom. The Balaban J connectivity index is 2.15. The van der Waals surface area contributed by atoms with Gasteiger partial charge in [-0.2, -0.15) is 0 Å². The van der Waals surface area contributed by atoms with E-state index in [0.717, 1.165) is 15.4 Å². The van der Waals surface area contributed by atoms with E-state index in [4.69, 9.17) is 11.6 Å². The highest BCUT2D eigenvalue weighted by atomic mass is 79.9. The lowest BCUT2D eigenvalue weighted by atomic mass is 10.0. The topological polar surface area (TPSA) is 45.8 Å². The van der Waals surface area contributed by atoms with E-state index in [9.17, 15) is 4.79 Å². The molecule has 0 fully saturated rings. The van der Waals surface area contributed by atoms with E-state index in [0.29, 0.717) is 21.8 Å². The standard InChI is InChI=1S/C15H10BrClN2O/c1-8-2-3-10(13(17)4-8)14(20)12-7-19-15-11(12)5-9(16)6-18-15/h2-7H,1H3,(H,18,19). The molecule has 0 radical (unpaired) electrons. The minimum atomic E-state index is -0.110. The summed E-state index contributed by atoms with van der Waals surface area (Å²) >= 11 is 9.53. The molecule has 0 unspecified atom stereocenters. The molecule has 0 saturated heterocycles. The minimum absolute atomic E-state index is 0.110. The number of H-pyrrole nitrogens is 1. The van der Waals surface area contributed by atoms with Crippen molar-refractivity contribution in [1.82, 2.24) is 9.97 Å². The molecular weight excluding hydrogens is 340 g/mol. The number of aryl methyl sites for hydroxylation is 1. The molecule has 100 valence electrons. The number of carbonyl (C=O) groups is 1. The van der Waals surface area contributed by atoms with Crippen LogP contribution in [0.5, 0.6) is 0 Å². The predicted octanol–water partition coefficient (Wildman–Crippen LogP) is 4.52. The highest BCUT2D eigenvalue weighted by Gasteiger charge is 2.17. The molecular formula is C15H10BrClN2O. The zero-order valence-corrected chi connectivity index (χ0v) is 12.9. The van der Waals surface area contributed by atoms with Crippen molar-refractivity contribution in [2.75, 3.05) is 0 Å². The molecule has 5 heteroatoms. The average molecular weight is 350 g/mol. The summed E-state index contributed by atoms with van der Waals surface area (Å²) in [5, 5.41) is 1.24. The fraction of sp³-hybridized carbons (Fsp3) is 0.0667. The van der Waals surface area contributed by atoms with E-state index in [1.54, 1.807) is 24.5 Å². The number of ketones is 1. The van der Waals surface area contributed by atoms with Gasteiger partial charge in [0.1, 0.15) is 5.65 Å². The number of fused-ring (bicyclic) bond motifs is 1. The van der Waals surface area contributed by atoms with Crippen LogP contribution < -0.4 is 0 Å². The zero-order valence-electron chi connectivity index (χ0n) is 10.6. The van der Waals surface area contributed by atoms with Crippen LogP contribution in [0, 0.1) is 6.92 Å². The number of nitrogens with one attached hydrogen (secondary N) is 1. The first-order valence-electron chi connectivity index (χ1n) is 6.00. The number of aromatic amines is 1. The SMILES string of the molecule is Cc1ccc(C(=O)c2c[nH]c3ncc(Br)cc23)c(Cl)c1. The maximum atomic E-state index is 12.6. The fourth-order valence-corrected chi connectivity index (χ4v) is 2.77. The van der Waals surface area contributed by atoms with Gasteiger partial charge in [0.05, 0.1) is 5.02 Å². The number of hydrogen-bond donors (Lipinski definition) is 1. The van der Waals surface area contributed by atoms with Crippen molar-refractivity contribution >= 4 is 44.3 Å². The van der Waals surface area contributed by atoms with Gasteiger partial charge in [-0.25, -0.2) is 4.98 Å². The Bertz CT molecular complexity index is 826. The number of pyridine rings is 1. The lowest BCUT2D eigenvalue weighted by Gasteiger charge is -2.04. The van der Waals surface area contributed by atoms with Crippen LogP contribution in [-0.4, -0.2) is 15.8 Å². The first-order valence-corrected chi connectivity index (χ1v) is 7.17. The number of aromatic nitrogens is 2. The van der Waals surface area contributed by atoms with Crippen LogP contribution in [0.25, 0.3) is 11.0 Å². The molecule has 2 aromatic heterocycles. The summed E-state index contributed by atoms with van der Waals surface area (Å²) in [5.74, 6) is -0.110. The molecule has 0 spiro atoms. The van der Waals surface area contributed by atoms with Crippen molar-refractivity contribution in [2.45, 2.75) is 6.92 Å². The molecule has 0 atom stereocenters. The minimum Gasteiger partial charge on any atom is -0.345 e. The molecule has 3 nitrogen and oxygen atoms in total. The first-order chi connectivity index (χ1) is 9.56. The summed E-state index contributed by atoms with van der Waals surface area (Å²) in [4.78, 5) is 19.8. The Labute approximate surface area is 129 Å². The van der Waals surface area contributed by atoms with Gasteiger partial charge in [0.25, 0.3) is 0 Å². The first kappa shape index (κ1) is 13.3. The normalized spacial score (nSPS) is 10.9. The zero-order chi connectivity index (χ0) is 14.3. The Morgan fingerprint density at radius 2 is 2.10 bits per heavy atom. The van der Waals surface area contributed by atoms with Gasteiger partial charge in [-0.15, -0.1) is 0 Å². The molecule has 0 saturated carbocycles. The van der Waals surface area contributed by atoms with Gasteiger partial charge < -0.3 is 4.98 Å². The van der Waals surface area contributed by atoms with Gasteiger partial charge in [0, 0.05) is 33.4 Å². The third kappa shape index (κ3) is 2.25. The van der Waals surface area contributed by atoms with Gasteiger partial charge in [-0.3, -0.25) is 4.79 Å². The summed E-state index contributed by atoms with van der Waals surface area (Å²) in [6, 6.07) is 7.29. The second kappa shape index (κ2) is 5.04. The molecule has 0 amide bonds. The van der Waals surface area contributed by atoms with Crippen LogP contribution in [0.3, 0.4) is 0 Å². The highest BCUT2D eigenvalue weighted by molar-refractivity contribution is 9.10. The largest absolute Gasteiger partial charge is 0.345 e. The maximum absolute atomic E-state index is 12.6. The summed E-state index contributed by atoms with van der Waals surface area (Å²) in [6.07, 6.45) is 3.36. The number of halogens is 2. The van der Waals surface area contributed by atoms with Gasteiger partial charge in [0.15, 0.2) is 5.78 Å². The molecule has 0 aliphatic heterocycles. The van der Waals surface area contributed by atoms with Crippen molar-refractivity contribution in [2.24, 2.45) is 0 Å². The Hall–Kier alpha value is -1.65. The van der Waals surface area contributed by atoms with Crippen molar-refractivity contribution in [3.05, 3.63) is 62.8 Å². The molecule has 20 heavy (non-hydrogen) atoms. The van der Waals surface area contributed by atoms with Crippen LogP contribution in [0.1, 0.15) is 21.5 Å². The molecule has 1 N–H and O–H groups in total. The van der Waals surface area contributed by atoms with E-state index in [1.165, 1.54) is 0 Å². The van der Waals surface area contributed by atoms with Crippen LogP contribution in [0.4, 0.5) is 0 Å². The Morgan fingerprint density at radius 1 is 1.30 bits per heavy atom.